The van der Waals surface area contributed by atoms with Crippen LogP contribution in [0.3, 0.4) is 0 Å². The molecule has 0 spiro atoms. The lowest BCUT2D eigenvalue weighted by atomic mass is 9.96. The van der Waals surface area contributed by atoms with Crippen molar-refractivity contribution < 1.29 is 13.9 Å². The maximum absolute atomic E-state index is 13.6. The number of rotatable bonds is 7. The first-order valence-corrected chi connectivity index (χ1v) is 9.14. The molecule has 0 aliphatic carbocycles. The van der Waals surface area contributed by atoms with Crippen LogP contribution in [0.25, 0.3) is 0 Å². The van der Waals surface area contributed by atoms with Gasteiger partial charge in [-0.3, -0.25) is 9.79 Å². The van der Waals surface area contributed by atoms with Crippen LogP contribution in [0, 0.1) is 11.7 Å². The summed E-state index contributed by atoms with van der Waals surface area (Å²) < 4.78 is 19.0. The van der Waals surface area contributed by atoms with E-state index in [0.29, 0.717) is 19.0 Å². The van der Waals surface area contributed by atoms with Crippen molar-refractivity contribution in [1.82, 2.24) is 15.5 Å². The number of halogens is 2. The number of benzene rings is 1. The fraction of sp³-hybridized carbons (Fsp3) is 0.579. The van der Waals surface area contributed by atoms with Gasteiger partial charge in [-0.05, 0) is 37.3 Å². The van der Waals surface area contributed by atoms with E-state index in [0.717, 1.165) is 45.0 Å². The summed E-state index contributed by atoms with van der Waals surface area (Å²) in [6.07, 6.45) is 3.37. The van der Waals surface area contributed by atoms with Gasteiger partial charge in [0.2, 0.25) is 0 Å². The normalized spacial score (nSPS) is 15.0. The minimum atomic E-state index is -0.512. The Labute approximate surface area is 178 Å². The van der Waals surface area contributed by atoms with E-state index < -0.39 is 11.7 Å². The van der Waals surface area contributed by atoms with Gasteiger partial charge in [0, 0.05) is 46.9 Å². The SMILES string of the molecule is CN=C(NCCNC(=O)c1ccccc1F)N(C)CCC1CCOCC1.I. The molecule has 1 aromatic carbocycles. The van der Waals surface area contributed by atoms with Crippen molar-refractivity contribution in [2.24, 2.45) is 10.9 Å². The molecule has 0 saturated carbocycles. The highest BCUT2D eigenvalue weighted by atomic mass is 127. The summed E-state index contributed by atoms with van der Waals surface area (Å²) in [6, 6.07) is 5.96. The third-order valence-corrected chi connectivity index (χ3v) is 4.60. The summed E-state index contributed by atoms with van der Waals surface area (Å²) >= 11 is 0. The van der Waals surface area contributed by atoms with Crippen molar-refractivity contribution in [2.75, 3.05) is 46.9 Å². The van der Waals surface area contributed by atoms with Gasteiger partial charge in [-0.25, -0.2) is 4.39 Å². The fourth-order valence-electron chi connectivity index (χ4n) is 2.99. The first-order valence-electron chi connectivity index (χ1n) is 9.14. The lowest BCUT2D eigenvalue weighted by Gasteiger charge is -2.26. The predicted octanol–water partition coefficient (Wildman–Crippen LogP) is 2.50. The number of carbonyl (C=O) groups excluding carboxylic acids is 1. The fourth-order valence-corrected chi connectivity index (χ4v) is 2.99. The van der Waals surface area contributed by atoms with Crippen molar-refractivity contribution in [3.05, 3.63) is 35.6 Å². The number of aliphatic imine (C=N–C) groups is 1. The zero-order valence-electron chi connectivity index (χ0n) is 16.0. The number of nitrogens with one attached hydrogen (secondary N) is 2. The minimum absolute atomic E-state index is 0. The molecule has 152 valence electrons. The van der Waals surface area contributed by atoms with Crippen LogP contribution in [0.2, 0.25) is 0 Å². The molecule has 27 heavy (non-hydrogen) atoms. The predicted molar refractivity (Wildman–Crippen MR) is 116 cm³/mol. The molecule has 1 aliphatic rings. The summed E-state index contributed by atoms with van der Waals surface area (Å²) in [5, 5.41) is 5.93. The standard InChI is InChI=1S/C19H29FN4O2.HI/c1-21-19(24(2)12-7-15-8-13-26-14-9-15)23-11-10-22-18(25)16-5-3-4-6-17(16)20;/h3-6,15H,7-14H2,1-2H3,(H,21,23)(H,22,25);1H. The van der Waals surface area contributed by atoms with Crippen LogP contribution in [0.1, 0.15) is 29.6 Å². The van der Waals surface area contributed by atoms with Gasteiger partial charge in [0.15, 0.2) is 5.96 Å². The molecular formula is C19H30FIN4O2. The molecule has 0 aromatic heterocycles. The van der Waals surface area contributed by atoms with Crippen molar-refractivity contribution in [1.29, 1.82) is 0 Å². The summed E-state index contributed by atoms with van der Waals surface area (Å²) in [7, 11) is 3.75. The maximum Gasteiger partial charge on any atom is 0.254 e. The smallest absolute Gasteiger partial charge is 0.254 e. The van der Waals surface area contributed by atoms with Crippen LogP contribution in [0.4, 0.5) is 4.39 Å². The van der Waals surface area contributed by atoms with Crippen molar-refractivity contribution in [2.45, 2.75) is 19.3 Å². The molecule has 1 aliphatic heterocycles. The molecule has 0 atom stereocenters. The second-order valence-corrected chi connectivity index (χ2v) is 6.48. The van der Waals surface area contributed by atoms with Gasteiger partial charge in [-0.15, -0.1) is 24.0 Å². The number of hydrogen-bond acceptors (Lipinski definition) is 3. The van der Waals surface area contributed by atoms with E-state index in [-0.39, 0.29) is 29.5 Å². The van der Waals surface area contributed by atoms with Gasteiger partial charge in [0.25, 0.3) is 5.91 Å². The Morgan fingerprint density at radius 2 is 1.93 bits per heavy atom. The Bertz CT molecular complexity index is 609. The van der Waals surface area contributed by atoms with Crippen molar-refractivity contribution >= 4 is 35.8 Å². The van der Waals surface area contributed by atoms with Gasteiger partial charge in [-0.1, -0.05) is 12.1 Å². The van der Waals surface area contributed by atoms with E-state index in [1.807, 2.05) is 7.05 Å². The van der Waals surface area contributed by atoms with E-state index >= 15 is 0 Å². The number of amides is 1. The molecule has 1 saturated heterocycles. The molecule has 1 fully saturated rings. The number of ether oxygens (including phenoxy) is 1. The minimum Gasteiger partial charge on any atom is -0.381 e. The van der Waals surface area contributed by atoms with E-state index in [1.165, 1.54) is 12.1 Å². The zero-order chi connectivity index (χ0) is 18.8. The summed E-state index contributed by atoms with van der Waals surface area (Å²) in [5.41, 5.74) is 0.0606. The molecule has 1 heterocycles. The second-order valence-electron chi connectivity index (χ2n) is 6.48. The Kier molecular flexibility index (Phi) is 11.3. The number of hydrogen-bond donors (Lipinski definition) is 2. The molecule has 2 rings (SSSR count). The summed E-state index contributed by atoms with van der Waals surface area (Å²) in [6.45, 7) is 3.56. The largest absolute Gasteiger partial charge is 0.381 e. The van der Waals surface area contributed by atoms with E-state index in [1.54, 1.807) is 19.2 Å². The van der Waals surface area contributed by atoms with Crippen LogP contribution < -0.4 is 10.6 Å². The van der Waals surface area contributed by atoms with E-state index in [9.17, 15) is 9.18 Å². The van der Waals surface area contributed by atoms with Gasteiger partial charge in [0.05, 0.1) is 5.56 Å². The van der Waals surface area contributed by atoms with Gasteiger partial charge < -0.3 is 20.3 Å². The molecular weight excluding hydrogens is 462 g/mol. The van der Waals surface area contributed by atoms with Gasteiger partial charge >= 0.3 is 0 Å². The molecule has 1 amide bonds. The Balaban J connectivity index is 0.00000364. The monoisotopic (exact) mass is 492 g/mol. The van der Waals surface area contributed by atoms with Crippen LogP contribution in [0.15, 0.2) is 29.3 Å². The van der Waals surface area contributed by atoms with Crippen LogP contribution >= 0.6 is 24.0 Å². The zero-order valence-corrected chi connectivity index (χ0v) is 18.4. The second kappa shape index (κ2) is 12.9. The highest BCUT2D eigenvalue weighted by Crippen LogP contribution is 2.18. The molecule has 0 radical (unpaired) electrons. The first kappa shape index (κ1) is 23.6. The average Bonchev–Trinajstić information content (AvgIpc) is 2.67. The Morgan fingerprint density at radius 3 is 2.59 bits per heavy atom. The molecule has 8 heteroatoms. The van der Waals surface area contributed by atoms with Crippen molar-refractivity contribution in [3.63, 3.8) is 0 Å². The van der Waals surface area contributed by atoms with E-state index in [4.69, 9.17) is 4.74 Å². The maximum atomic E-state index is 13.6. The summed E-state index contributed by atoms with van der Waals surface area (Å²) in [5.74, 6) is 0.580. The van der Waals surface area contributed by atoms with Gasteiger partial charge in [0.1, 0.15) is 5.82 Å². The van der Waals surface area contributed by atoms with Gasteiger partial charge in [-0.2, -0.15) is 0 Å². The number of guanidine groups is 1. The third-order valence-electron chi connectivity index (χ3n) is 4.60. The molecule has 2 N–H and O–H groups in total. The first-order chi connectivity index (χ1) is 12.6. The van der Waals surface area contributed by atoms with E-state index in [2.05, 4.69) is 20.5 Å². The van der Waals surface area contributed by atoms with Crippen LogP contribution in [-0.2, 0) is 4.74 Å². The lowest BCUT2D eigenvalue weighted by Crippen LogP contribution is -2.43. The third kappa shape index (κ3) is 8.00. The quantitative estimate of drug-likeness (QED) is 0.266. The molecule has 0 bridgehead atoms. The lowest BCUT2D eigenvalue weighted by molar-refractivity contribution is 0.0625. The average molecular weight is 492 g/mol. The van der Waals surface area contributed by atoms with Crippen LogP contribution in [0.5, 0.6) is 0 Å². The topological polar surface area (TPSA) is 66.0 Å². The highest BCUT2D eigenvalue weighted by molar-refractivity contribution is 14.0. The molecule has 0 unspecified atom stereocenters. The Hall–Kier alpha value is -1.42. The Morgan fingerprint density at radius 1 is 1.26 bits per heavy atom. The number of carbonyl (C=O) groups is 1. The highest BCUT2D eigenvalue weighted by Gasteiger charge is 2.15. The van der Waals surface area contributed by atoms with Crippen LogP contribution in [-0.4, -0.2) is 63.7 Å². The molecule has 1 aromatic rings. The van der Waals surface area contributed by atoms with Crippen molar-refractivity contribution in [3.8, 4) is 0 Å². The number of nitrogens with zero attached hydrogens (tertiary/aromatic N) is 2. The molecule has 6 nitrogen and oxygen atoms in total. The summed E-state index contributed by atoms with van der Waals surface area (Å²) in [4.78, 5) is 18.3.